The van der Waals surface area contributed by atoms with Gasteiger partial charge in [0.25, 0.3) is 0 Å². The highest BCUT2D eigenvalue weighted by molar-refractivity contribution is 5.75. The van der Waals surface area contributed by atoms with Gasteiger partial charge in [0.2, 0.25) is 5.91 Å². The molecule has 3 heteroatoms. The second kappa shape index (κ2) is 16.5. The lowest BCUT2D eigenvalue weighted by Crippen LogP contribution is -2.27. The van der Waals surface area contributed by atoms with Crippen LogP contribution in [0.3, 0.4) is 0 Å². The number of unbranched alkanes of at least 4 members (excludes halogenated alkanes) is 9. The van der Waals surface area contributed by atoms with Crippen LogP contribution < -0.4 is 10.6 Å². The van der Waals surface area contributed by atoms with Gasteiger partial charge >= 0.3 is 0 Å². The van der Waals surface area contributed by atoms with Crippen molar-refractivity contribution < 1.29 is 4.79 Å². The van der Waals surface area contributed by atoms with Crippen LogP contribution in [-0.2, 0) is 4.79 Å². The lowest BCUT2D eigenvalue weighted by molar-refractivity contribution is -0.120. The molecule has 1 amide bonds. The van der Waals surface area contributed by atoms with Crippen molar-refractivity contribution in [2.45, 2.75) is 84.5 Å². The Morgan fingerprint density at radius 2 is 1.30 bits per heavy atom. The zero-order valence-electron chi connectivity index (χ0n) is 13.8. The highest BCUT2D eigenvalue weighted by atomic mass is 16.1. The lowest BCUT2D eigenvalue weighted by Gasteiger charge is -2.05. The number of hydrogen-bond acceptors (Lipinski definition) is 2. The molecule has 0 unspecified atom stereocenters. The van der Waals surface area contributed by atoms with E-state index < -0.39 is 0 Å². The van der Waals surface area contributed by atoms with Crippen molar-refractivity contribution in [3.8, 4) is 0 Å². The van der Waals surface area contributed by atoms with Crippen LogP contribution in [0.5, 0.6) is 0 Å². The Balaban J connectivity index is 3.01. The van der Waals surface area contributed by atoms with Gasteiger partial charge in [-0.2, -0.15) is 0 Å². The molecule has 0 atom stereocenters. The SMILES string of the molecule is CCCCCCCCCCCCNCCC(=O)NCC. The molecule has 20 heavy (non-hydrogen) atoms. The van der Waals surface area contributed by atoms with Crippen molar-refractivity contribution in [1.29, 1.82) is 0 Å². The van der Waals surface area contributed by atoms with Crippen LogP contribution in [0, 0.1) is 0 Å². The summed E-state index contributed by atoms with van der Waals surface area (Å²) >= 11 is 0. The standard InChI is InChI=1S/C17H36N2O/c1-3-5-6-7-8-9-10-11-12-13-15-18-16-14-17(20)19-4-2/h18H,3-16H2,1-2H3,(H,19,20). The number of carbonyl (C=O) groups is 1. The van der Waals surface area contributed by atoms with Crippen LogP contribution >= 0.6 is 0 Å². The third kappa shape index (κ3) is 15.5. The van der Waals surface area contributed by atoms with E-state index in [-0.39, 0.29) is 5.91 Å². The van der Waals surface area contributed by atoms with E-state index in [0.29, 0.717) is 6.42 Å². The van der Waals surface area contributed by atoms with Crippen LogP contribution in [0.25, 0.3) is 0 Å². The Morgan fingerprint density at radius 3 is 1.85 bits per heavy atom. The van der Waals surface area contributed by atoms with Gasteiger partial charge in [-0.25, -0.2) is 0 Å². The van der Waals surface area contributed by atoms with Crippen molar-refractivity contribution in [1.82, 2.24) is 10.6 Å². The van der Waals surface area contributed by atoms with E-state index in [1.807, 2.05) is 6.92 Å². The molecule has 2 N–H and O–H groups in total. The summed E-state index contributed by atoms with van der Waals surface area (Å²) < 4.78 is 0. The topological polar surface area (TPSA) is 41.1 Å². The van der Waals surface area contributed by atoms with Crippen molar-refractivity contribution in [2.75, 3.05) is 19.6 Å². The van der Waals surface area contributed by atoms with Crippen LogP contribution in [0.4, 0.5) is 0 Å². The molecule has 0 aliphatic carbocycles. The normalized spacial score (nSPS) is 10.7. The minimum Gasteiger partial charge on any atom is -0.356 e. The van der Waals surface area contributed by atoms with Gasteiger partial charge in [0.05, 0.1) is 0 Å². The fourth-order valence-corrected chi connectivity index (χ4v) is 2.35. The fraction of sp³-hybridized carbons (Fsp3) is 0.941. The van der Waals surface area contributed by atoms with E-state index >= 15 is 0 Å². The summed E-state index contributed by atoms with van der Waals surface area (Å²) in [5.74, 6) is 0.156. The minimum absolute atomic E-state index is 0.156. The molecule has 0 aliphatic heterocycles. The number of carbonyl (C=O) groups excluding carboxylic acids is 1. The highest BCUT2D eigenvalue weighted by Crippen LogP contribution is 2.10. The predicted molar refractivity (Wildman–Crippen MR) is 88.0 cm³/mol. The maximum absolute atomic E-state index is 11.2. The summed E-state index contributed by atoms with van der Waals surface area (Å²) in [5, 5.41) is 6.15. The van der Waals surface area contributed by atoms with Gasteiger partial charge in [-0.05, 0) is 19.9 Å². The Kier molecular flexibility index (Phi) is 16.0. The fourth-order valence-electron chi connectivity index (χ4n) is 2.35. The molecule has 3 nitrogen and oxygen atoms in total. The quantitative estimate of drug-likeness (QED) is 0.446. The van der Waals surface area contributed by atoms with Gasteiger partial charge in [-0.3, -0.25) is 4.79 Å². The number of rotatable bonds is 15. The largest absolute Gasteiger partial charge is 0.356 e. The van der Waals surface area contributed by atoms with E-state index in [1.165, 1.54) is 64.2 Å². The Morgan fingerprint density at radius 1 is 0.750 bits per heavy atom. The van der Waals surface area contributed by atoms with E-state index in [1.54, 1.807) is 0 Å². The summed E-state index contributed by atoms with van der Waals surface area (Å²) in [7, 11) is 0. The Hall–Kier alpha value is -0.570. The molecular weight excluding hydrogens is 248 g/mol. The third-order valence-corrected chi connectivity index (χ3v) is 3.61. The second-order valence-corrected chi connectivity index (χ2v) is 5.64. The van der Waals surface area contributed by atoms with Crippen LogP contribution in [0.1, 0.15) is 84.5 Å². The molecule has 0 saturated heterocycles. The van der Waals surface area contributed by atoms with Gasteiger partial charge in [0.1, 0.15) is 0 Å². The minimum atomic E-state index is 0.156. The smallest absolute Gasteiger partial charge is 0.221 e. The molecule has 120 valence electrons. The second-order valence-electron chi connectivity index (χ2n) is 5.64. The molecule has 0 aromatic heterocycles. The van der Waals surface area contributed by atoms with Crippen molar-refractivity contribution in [3.05, 3.63) is 0 Å². The summed E-state index contributed by atoms with van der Waals surface area (Å²) in [5.41, 5.74) is 0. The summed E-state index contributed by atoms with van der Waals surface area (Å²) in [6.45, 7) is 6.82. The van der Waals surface area contributed by atoms with E-state index in [9.17, 15) is 4.79 Å². The molecule has 0 aliphatic rings. The van der Waals surface area contributed by atoms with Gasteiger partial charge in [-0.1, -0.05) is 64.7 Å². The van der Waals surface area contributed by atoms with Crippen LogP contribution in [0.15, 0.2) is 0 Å². The Labute approximate surface area is 126 Å². The zero-order chi connectivity index (χ0) is 14.9. The summed E-state index contributed by atoms with van der Waals surface area (Å²) in [4.78, 5) is 11.2. The van der Waals surface area contributed by atoms with E-state index in [0.717, 1.165) is 19.6 Å². The molecule has 0 spiro atoms. The molecule has 0 fully saturated rings. The average Bonchev–Trinajstić information content (AvgIpc) is 2.44. The van der Waals surface area contributed by atoms with E-state index in [2.05, 4.69) is 17.6 Å². The highest BCUT2D eigenvalue weighted by Gasteiger charge is 1.97. The van der Waals surface area contributed by atoms with E-state index in [4.69, 9.17) is 0 Å². The maximum Gasteiger partial charge on any atom is 0.221 e. The lowest BCUT2D eigenvalue weighted by atomic mass is 10.1. The van der Waals surface area contributed by atoms with Crippen molar-refractivity contribution in [3.63, 3.8) is 0 Å². The molecule has 0 aromatic carbocycles. The number of nitrogens with one attached hydrogen (secondary N) is 2. The van der Waals surface area contributed by atoms with Gasteiger partial charge < -0.3 is 10.6 Å². The van der Waals surface area contributed by atoms with Crippen molar-refractivity contribution in [2.24, 2.45) is 0 Å². The van der Waals surface area contributed by atoms with Gasteiger partial charge in [0, 0.05) is 19.5 Å². The molecule has 0 radical (unpaired) electrons. The molecule has 0 rings (SSSR count). The Bertz CT molecular complexity index is 207. The zero-order valence-corrected chi connectivity index (χ0v) is 13.8. The summed E-state index contributed by atoms with van der Waals surface area (Å²) in [6.07, 6.45) is 14.4. The molecule has 0 aromatic rings. The average molecular weight is 284 g/mol. The van der Waals surface area contributed by atoms with Gasteiger partial charge in [0.15, 0.2) is 0 Å². The molecule has 0 bridgehead atoms. The predicted octanol–water partition coefficient (Wildman–Crippen LogP) is 4.02. The number of hydrogen-bond donors (Lipinski definition) is 2. The first-order valence-electron chi connectivity index (χ1n) is 8.78. The van der Waals surface area contributed by atoms with Crippen molar-refractivity contribution >= 4 is 5.91 Å². The number of amides is 1. The molecule has 0 heterocycles. The van der Waals surface area contributed by atoms with Gasteiger partial charge in [-0.15, -0.1) is 0 Å². The van der Waals surface area contributed by atoms with Crippen LogP contribution in [0.2, 0.25) is 0 Å². The first-order valence-corrected chi connectivity index (χ1v) is 8.78. The summed E-state index contributed by atoms with van der Waals surface area (Å²) in [6, 6.07) is 0. The maximum atomic E-state index is 11.2. The molecular formula is C17H36N2O. The third-order valence-electron chi connectivity index (χ3n) is 3.61. The first kappa shape index (κ1) is 19.4. The van der Waals surface area contributed by atoms with Crippen LogP contribution in [-0.4, -0.2) is 25.5 Å². The first-order chi connectivity index (χ1) is 9.81. The monoisotopic (exact) mass is 284 g/mol. The molecule has 0 saturated carbocycles.